The Morgan fingerprint density at radius 2 is 1.42 bits per heavy atom. The summed E-state index contributed by atoms with van der Waals surface area (Å²) in [6.07, 6.45) is 0.00992. The van der Waals surface area contributed by atoms with E-state index < -0.39 is 0 Å². The molecule has 0 fully saturated rings. The number of thiocarbonyl (C=S) groups is 1. The number of nitrogens with one attached hydrogen (secondary N) is 3. The first-order chi connectivity index (χ1) is 14.9. The van der Waals surface area contributed by atoms with Gasteiger partial charge in [-0.05, 0) is 74.6 Å². The monoisotopic (exact) mass is 433 g/mol. The van der Waals surface area contributed by atoms with Crippen LogP contribution in [-0.4, -0.2) is 23.0 Å². The molecule has 0 spiro atoms. The standard InChI is InChI=1S/C24H23N3O3S/c1-16(2)30-21-13-6-10-18(14-21)23(29)27-24(31)26-20-12-7-11-19(15-20)25-22(28)17-8-4-3-5-9-17/h3-16H,1-2H3,(H,25,28)(H2,26,27,29,31). The average Bonchev–Trinajstić information content (AvgIpc) is 2.74. The van der Waals surface area contributed by atoms with E-state index in [0.29, 0.717) is 28.3 Å². The lowest BCUT2D eigenvalue weighted by Crippen LogP contribution is -2.34. The summed E-state index contributed by atoms with van der Waals surface area (Å²) in [4.78, 5) is 24.8. The summed E-state index contributed by atoms with van der Waals surface area (Å²) in [6, 6.07) is 22.9. The van der Waals surface area contributed by atoms with Crippen molar-refractivity contribution < 1.29 is 14.3 Å². The number of benzene rings is 3. The van der Waals surface area contributed by atoms with Crippen molar-refractivity contribution in [2.75, 3.05) is 10.6 Å². The fourth-order valence-corrected chi connectivity index (χ4v) is 3.00. The van der Waals surface area contributed by atoms with E-state index in [0.717, 1.165) is 0 Å². The Morgan fingerprint density at radius 3 is 2.13 bits per heavy atom. The van der Waals surface area contributed by atoms with Crippen molar-refractivity contribution in [2.45, 2.75) is 20.0 Å². The number of carbonyl (C=O) groups excluding carboxylic acids is 2. The van der Waals surface area contributed by atoms with Crippen LogP contribution in [-0.2, 0) is 0 Å². The topological polar surface area (TPSA) is 79.5 Å². The maximum absolute atomic E-state index is 12.5. The smallest absolute Gasteiger partial charge is 0.257 e. The second kappa shape index (κ2) is 10.4. The summed E-state index contributed by atoms with van der Waals surface area (Å²) in [6.45, 7) is 3.84. The van der Waals surface area contributed by atoms with Gasteiger partial charge in [-0.25, -0.2) is 0 Å². The van der Waals surface area contributed by atoms with E-state index in [-0.39, 0.29) is 23.0 Å². The van der Waals surface area contributed by atoms with E-state index in [1.807, 2.05) is 19.9 Å². The van der Waals surface area contributed by atoms with Crippen molar-refractivity contribution in [3.8, 4) is 5.75 Å². The highest BCUT2D eigenvalue weighted by atomic mass is 32.1. The summed E-state index contributed by atoms with van der Waals surface area (Å²) in [7, 11) is 0. The molecule has 0 aliphatic heterocycles. The van der Waals surface area contributed by atoms with E-state index in [1.165, 1.54) is 0 Å². The van der Waals surface area contributed by atoms with Crippen LogP contribution in [0.15, 0.2) is 78.9 Å². The highest BCUT2D eigenvalue weighted by Crippen LogP contribution is 2.17. The van der Waals surface area contributed by atoms with E-state index in [2.05, 4.69) is 16.0 Å². The van der Waals surface area contributed by atoms with E-state index in [9.17, 15) is 9.59 Å². The van der Waals surface area contributed by atoms with Gasteiger partial charge >= 0.3 is 0 Å². The van der Waals surface area contributed by atoms with Gasteiger partial charge in [0.2, 0.25) is 0 Å². The highest BCUT2D eigenvalue weighted by Gasteiger charge is 2.11. The van der Waals surface area contributed by atoms with Crippen LogP contribution in [0.1, 0.15) is 34.6 Å². The van der Waals surface area contributed by atoms with Gasteiger partial charge in [-0.3, -0.25) is 14.9 Å². The predicted molar refractivity (Wildman–Crippen MR) is 127 cm³/mol. The molecule has 158 valence electrons. The zero-order chi connectivity index (χ0) is 22.2. The van der Waals surface area contributed by atoms with Crippen LogP contribution in [0, 0.1) is 0 Å². The molecule has 0 radical (unpaired) electrons. The summed E-state index contributed by atoms with van der Waals surface area (Å²) >= 11 is 5.26. The summed E-state index contributed by atoms with van der Waals surface area (Å²) < 4.78 is 5.62. The fourth-order valence-electron chi connectivity index (χ4n) is 2.79. The van der Waals surface area contributed by atoms with Gasteiger partial charge in [0.25, 0.3) is 11.8 Å². The van der Waals surface area contributed by atoms with Crippen LogP contribution in [0.3, 0.4) is 0 Å². The average molecular weight is 434 g/mol. The quantitative estimate of drug-likeness (QED) is 0.484. The van der Waals surface area contributed by atoms with E-state index in [1.54, 1.807) is 72.8 Å². The van der Waals surface area contributed by atoms with Crippen LogP contribution in [0.4, 0.5) is 11.4 Å². The lowest BCUT2D eigenvalue weighted by Gasteiger charge is -2.13. The minimum Gasteiger partial charge on any atom is -0.491 e. The number of hydrogen-bond acceptors (Lipinski definition) is 4. The first-order valence-electron chi connectivity index (χ1n) is 9.76. The van der Waals surface area contributed by atoms with Crippen molar-refractivity contribution in [3.05, 3.63) is 90.0 Å². The number of carbonyl (C=O) groups is 2. The first kappa shape index (κ1) is 22.0. The molecule has 0 aromatic heterocycles. The number of ether oxygens (including phenoxy) is 1. The fraction of sp³-hybridized carbons (Fsp3) is 0.125. The molecule has 3 aromatic rings. The molecule has 0 bridgehead atoms. The SMILES string of the molecule is CC(C)Oc1cccc(C(=O)NC(=S)Nc2cccc(NC(=O)c3ccccc3)c2)c1. The molecule has 31 heavy (non-hydrogen) atoms. The van der Waals surface area contributed by atoms with E-state index >= 15 is 0 Å². The second-order valence-corrected chi connectivity index (χ2v) is 7.41. The normalized spacial score (nSPS) is 10.3. The molecule has 0 saturated carbocycles. The Bertz CT molecular complexity index is 1080. The van der Waals surface area contributed by atoms with Gasteiger partial charge in [-0.15, -0.1) is 0 Å². The van der Waals surface area contributed by atoms with Crippen molar-refractivity contribution in [1.29, 1.82) is 0 Å². The molecule has 3 N–H and O–H groups in total. The van der Waals surface area contributed by atoms with Crippen LogP contribution in [0.2, 0.25) is 0 Å². The number of anilines is 2. The molecular weight excluding hydrogens is 410 g/mol. The third-order valence-corrected chi connectivity index (χ3v) is 4.31. The largest absolute Gasteiger partial charge is 0.491 e. The first-order valence-corrected chi connectivity index (χ1v) is 10.2. The molecule has 6 nitrogen and oxygen atoms in total. The predicted octanol–water partition coefficient (Wildman–Crippen LogP) is 4.85. The van der Waals surface area contributed by atoms with Crippen molar-refractivity contribution in [2.24, 2.45) is 0 Å². The molecule has 0 aliphatic rings. The van der Waals surface area contributed by atoms with E-state index in [4.69, 9.17) is 17.0 Å². The molecule has 3 rings (SSSR count). The number of amides is 2. The molecule has 0 atom stereocenters. The maximum Gasteiger partial charge on any atom is 0.257 e. The maximum atomic E-state index is 12.5. The van der Waals surface area contributed by atoms with Gasteiger partial charge in [-0.1, -0.05) is 30.3 Å². The molecule has 0 saturated heterocycles. The molecular formula is C24H23N3O3S. The Labute approximate surface area is 186 Å². The minimum atomic E-state index is -0.347. The molecule has 2 amide bonds. The minimum absolute atomic E-state index is 0.00992. The molecule has 3 aromatic carbocycles. The van der Waals surface area contributed by atoms with Crippen LogP contribution in [0.25, 0.3) is 0 Å². The van der Waals surface area contributed by atoms with Gasteiger partial charge < -0.3 is 15.4 Å². The van der Waals surface area contributed by atoms with Crippen molar-refractivity contribution in [1.82, 2.24) is 5.32 Å². The Kier molecular flexibility index (Phi) is 7.35. The van der Waals surface area contributed by atoms with Gasteiger partial charge in [0, 0.05) is 22.5 Å². The van der Waals surface area contributed by atoms with Gasteiger partial charge in [0.15, 0.2) is 5.11 Å². The van der Waals surface area contributed by atoms with Crippen LogP contribution >= 0.6 is 12.2 Å². The zero-order valence-electron chi connectivity index (χ0n) is 17.2. The van der Waals surface area contributed by atoms with Crippen molar-refractivity contribution in [3.63, 3.8) is 0 Å². The van der Waals surface area contributed by atoms with Gasteiger partial charge in [0.05, 0.1) is 6.10 Å². The second-order valence-electron chi connectivity index (χ2n) is 7.00. The Balaban J connectivity index is 1.60. The summed E-state index contributed by atoms with van der Waals surface area (Å²) in [5.41, 5.74) is 2.23. The lowest BCUT2D eigenvalue weighted by molar-refractivity contribution is 0.0975. The van der Waals surface area contributed by atoms with Crippen LogP contribution in [0.5, 0.6) is 5.75 Å². The zero-order valence-corrected chi connectivity index (χ0v) is 18.0. The Hall–Kier alpha value is -3.71. The third kappa shape index (κ3) is 6.65. The lowest BCUT2D eigenvalue weighted by atomic mass is 10.2. The Morgan fingerprint density at radius 1 is 0.774 bits per heavy atom. The number of rotatable bonds is 6. The highest BCUT2D eigenvalue weighted by molar-refractivity contribution is 7.80. The molecule has 0 heterocycles. The van der Waals surface area contributed by atoms with Gasteiger partial charge in [0.1, 0.15) is 5.75 Å². The summed E-state index contributed by atoms with van der Waals surface area (Å²) in [5, 5.41) is 8.59. The number of hydrogen-bond donors (Lipinski definition) is 3. The summed E-state index contributed by atoms with van der Waals surface area (Å²) in [5.74, 6) is 0.0563. The third-order valence-electron chi connectivity index (χ3n) is 4.11. The van der Waals surface area contributed by atoms with Gasteiger partial charge in [-0.2, -0.15) is 0 Å². The molecule has 0 unspecified atom stereocenters. The molecule has 7 heteroatoms. The van der Waals surface area contributed by atoms with Crippen molar-refractivity contribution >= 4 is 40.5 Å². The van der Waals surface area contributed by atoms with Crippen LogP contribution < -0.4 is 20.7 Å². The molecule has 0 aliphatic carbocycles.